The molecule has 0 aliphatic heterocycles. The molecule has 2 aliphatic carbocycles. The van der Waals surface area contributed by atoms with Gasteiger partial charge < -0.3 is 39.9 Å². The Labute approximate surface area is 351 Å². The van der Waals surface area contributed by atoms with Crippen LogP contribution in [-0.4, -0.2) is 78.4 Å². The van der Waals surface area contributed by atoms with E-state index in [1.54, 1.807) is 0 Å². The minimum Gasteiger partial charge on any atom is -0.368 e. The maximum atomic E-state index is 13.9. The number of aromatic nitrogens is 8. The van der Waals surface area contributed by atoms with Crippen molar-refractivity contribution in [1.82, 2.24) is 39.0 Å². The molecular formula is C37H37F6N10O5PS2. The predicted molar refractivity (Wildman–Crippen MR) is 211 cm³/mol. The van der Waals surface area contributed by atoms with E-state index in [1.807, 2.05) is 62.4 Å². The number of nitrogens with zero attached hydrogens (tertiary/aromatic N) is 8. The molecule has 24 heteroatoms. The predicted octanol–water partition coefficient (Wildman–Crippen LogP) is 7.67. The Balaban J connectivity index is 1.11. The Kier molecular flexibility index (Phi) is 11.1. The van der Waals surface area contributed by atoms with Gasteiger partial charge in [-0.1, -0.05) is 58.9 Å². The number of hydrogen-bond acceptors (Lipinski definition) is 13. The molecule has 8 rings (SSSR count). The van der Waals surface area contributed by atoms with Crippen LogP contribution in [0.3, 0.4) is 0 Å². The summed E-state index contributed by atoms with van der Waals surface area (Å²) in [4.78, 5) is 48.8. The van der Waals surface area contributed by atoms with Crippen LogP contribution in [0.25, 0.3) is 22.3 Å². The van der Waals surface area contributed by atoms with Crippen molar-refractivity contribution in [2.45, 2.75) is 102 Å². The number of rotatable bonds is 15. The number of alkyl halides is 6. The third-order valence-electron chi connectivity index (χ3n) is 10.5. The van der Waals surface area contributed by atoms with Gasteiger partial charge in [0.15, 0.2) is 11.3 Å². The van der Waals surface area contributed by atoms with Gasteiger partial charge in [-0.2, -0.15) is 36.3 Å². The molecule has 0 saturated heterocycles. The summed E-state index contributed by atoms with van der Waals surface area (Å²) in [5.41, 5.74) is 11.0. The van der Waals surface area contributed by atoms with E-state index in [2.05, 4.69) is 29.9 Å². The monoisotopic (exact) mass is 910 g/mol. The van der Waals surface area contributed by atoms with Crippen molar-refractivity contribution >= 4 is 65.3 Å². The number of ether oxygens (including phenoxy) is 2. The first kappa shape index (κ1) is 43.2. The molecule has 2 saturated carbocycles. The van der Waals surface area contributed by atoms with Crippen molar-refractivity contribution in [1.29, 1.82) is 0 Å². The summed E-state index contributed by atoms with van der Waals surface area (Å²) < 4.78 is 111. The lowest BCUT2D eigenvalue weighted by molar-refractivity contribution is -0.200. The van der Waals surface area contributed by atoms with Crippen LogP contribution >= 0.6 is 31.1 Å². The zero-order valence-corrected chi connectivity index (χ0v) is 34.7. The molecule has 0 spiro atoms. The maximum Gasteiger partial charge on any atom is 0.389 e. The van der Waals surface area contributed by atoms with E-state index in [4.69, 9.17) is 20.9 Å². The molecule has 4 aromatic heterocycles. The molecule has 2 fully saturated rings. The standard InChI is InChI=1S/C37H37F6N10O5PS2/c1-19-3-7-23(8-4-19)60-29-25-27(48-31(44)50-29)52(17-46-25)15-34(11-21(34)13-36(38,39)40)57-33(59(54,55)56)58-35(12-22(35)14-37(41,42)43)16-53-18-47-26-28(53)49-32(45)51-30(26)61-24-9-5-20(2)6-10-24/h3-10,17-18,21-22,33H,11-16H2,1-2H3,(H2,44,48,50)(H2,45,49,51)(H2,54,55,56). The van der Waals surface area contributed by atoms with Gasteiger partial charge in [-0.05, 0) is 51.0 Å². The number of aryl methyl sites for hydroxylation is 2. The van der Waals surface area contributed by atoms with Crippen LogP contribution in [0, 0.1) is 25.7 Å². The van der Waals surface area contributed by atoms with E-state index in [-0.39, 0.29) is 47.1 Å². The zero-order valence-electron chi connectivity index (χ0n) is 32.1. The molecule has 2 aromatic carbocycles. The zero-order chi connectivity index (χ0) is 43.7. The van der Waals surface area contributed by atoms with Crippen molar-refractivity contribution < 1.29 is 50.2 Å². The Morgan fingerprint density at radius 2 is 1.10 bits per heavy atom. The Morgan fingerprint density at radius 1 is 0.721 bits per heavy atom. The third-order valence-corrected chi connectivity index (χ3v) is 13.2. The van der Waals surface area contributed by atoms with Gasteiger partial charge in [-0.3, -0.25) is 4.57 Å². The number of nitrogens with two attached hydrogens (primary N) is 2. The summed E-state index contributed by atoms with van der Waals surface area (Å²) in [6.45, 7) is 2.92. The van der Waals surface area contributed by atoms with Crippen LogP contribution in [0.2, 0.25) is 0 Å². The van der Waals surface area contributed by atoms with Crippen LogP contribution in [-0.2, 0) is 27.1 Å². The molecule has 15 nitrogen and oxygen atoms in total. The molecule has 0 bridgehead atoms. The summed E-state index contributed by atoms with van der Waals surface area (Å²) in [6.07, 6.45) is -10.4. The topological polar surface area (TPSA) is 215 Å². The SMILES string of the molecule is Cc1ccc(Sc2nc(N)nc3c2ncn3CC2(OC(OC3(Cn4cnc5c(Sc6ccc(C)cc6)nc(N)nc54)CC3CC(F)(F)F)P(=O)(O)O)CC2CC(F)(F)F)cc1. The summed E-state index contributed by atoms with van der Waals surface area (Å²) in [5, 5.41) is 0.677. The molecule has 4 unspecified atom stereocenters. The van der Waals surface area contributed by atoms with Crippen molar-refractivity contribution in [2.75, 3.05) is 11.5 Å². The molecule has 4 atom stereocenters. The molecule has 6 N–H and O–H groups in total. The molecule has 324 valence electrons. The van der Waals surface area contributed by atoms with E-state index < -0.39 is 74.9 Å². The minimum absolute atomic E-state index is 0.105. The van der Waals surface area contributed by atoms with Crippen LogP contribution < -0.4 is 11.5 Å². The normalized spacial score (nSPS) is 22.3. The van der Waals surface area contributed by atoms with Crippen molar-refractivity contribution in [3.05, 3.63) is 72.3 Å². The average Bonchev–Trinajstić information content (AvgIpc) is 3.84. The summed E-state index contributed by atoms with van der Waals surface area (Å²) >= 11 is 2.44. The van der Waals surface area contributed by atoms with Gasteiger partial charge >= 0.3 is 19.9 Å². The third kappa shape index (κ3) is 9.77. The fourth-order valence-corrected chi connectivity index (χ4v) is 9.81. The lowest BCUT2D eigenvalue weighted by Gasteiger charge is -2.31. The summed E-state index contributed by atoms with van der Waals surface area (Å²) in [6, 6.07) is 12.4. The largest absolute Gasteiger partial charge is 0.389 e. The van der Waals surface area contributed by atoms with E-state index in [0.29, 0.717) is 10.1 Å². The second-order valence-electron chi connectivity index (χ2n) is 15.4. The smallest absolute Gasteiger partial charge is 0.368 e. The maximum absolute atomic E-state index is 13.9. The van der Waals surface area contributed by atoms with E-state index in [9.17, 15) is 40.7 Å². The molecular weight excluding hydrogens is 874 g/mol. The highest BCUT2D eigenvalue weighted by Gasteiger charge is 2.65. The lowest BCUT2D eigenvalue weighted by Crippen LogP contribution is -2.37. The molecule has 4 heterocycles. The van der Waals surface area contributed by atoms with Crippen molar-refractivity contribution in [2.24, 2.45) is 11.8 Å². The highest BCUT2D eigenvalue weighted by Crippen LogP contribution is 2.61. The van der Waals surface area contributed by atoms with E-state index in [0.717, 1.165) is 20.9 Å². The van der Waals surface area contributed by atoms with Gasteiger partial charge in [-0.25, -0.2) is 19.9 Å². The van der Waals surface area contributed by atoms with Gasteiger partial charge in [0.05, 0.1) is 36.9 Å². The fourth-order valence-electron chi connectivity index (χ4n) is 7.36. The average molecular weight is 911 g/mol. The fraction of sp³-hybridized carbons (Fsp3) is 0.405. The number of hydrogen-bond donors (Lipinski definition) is 4. The first-order valence-corrected chi connectivity index (χ1v) is 21.9. The molecule has 6 aromatic rings. The first-order chi connectivity index (χ1) is 28.6. The van der Waals surface area contributed by atoms with Gasteiger partial charge in [0, 0.05) is 34.5 Å². The lowest BCUT2D eigenvalue weighted by atomic mass is 10.2. The first-order valence-electron chi connectivity index (χ1n) is 18.6. The van der Waals surface area contributed by atoms with E-state index >= 15 is 0 Å². The Hall–Kier alpha value is -4.51. The number of benzene rings is 2. The molecule has 0 amide bonds. The van der Waals surface area contributed by atoms with Gasteiger partial charge in [0.2, 0.25) is 11.9 Å². The van der Waals surface area contributed by atoms with Crippen LogP contribution in [0.1, 0.15) is 36.8 Å². The van der Waals surface area contributed by atoms with Crippen LogP contribution in [0.4, 0.5) is 38.2 Å². The summed E-state index contributed by atoms with van der Waals surface area (Å²) in [5.74, 6) is -3.04. The number of anilines is 2. The highest BCUT2D eigenvalue weighted by atomic mass is 32.2. The van der Waals surface area contributed by atoms with Crippen LogP contribution in [0.5, 0.6) is 0 Å². The second-order valence-corrected chi connectivity index (χ2v) is 19.1. The molecule has 2 aliphatic rings. The summed E-state index contributed by atoms with van der Waals surface area (Å²) in [7, 11) is -5.59. The van der Waals surface area contributed by atoms with E-state index in [1.165, 1.54) is 45.3 Å². The molecule has 0 radical (unpaired) electrons. The number of fused-ring (bicyclic) bond motifs is 2. The minimum atomic E-state index is -5.59. The van der Waals surface area contributed by atoms with Gasteiger partial charge in [0.25, 0.3) is 6.03 Å². The number of imidazole rings is 2. The second kappa shape index (κ2) is 15.7. The highest BCUT2D eigenvalue weighted by molar-refractivity contribution is 7.99. The number of halogens is 6. The number of nitrogen functional groups attached to an aromatic ring is 2. The van der Waals surface area contributed by atoms with Crippen molar-refractivity contribution in [3.8, 4) is 0 Å². The molecule has 61 heavy (non-hydrogen) atoms. The van der Waals surface area contributed by atoms with Crippen molar-refractivity contribution in [3.63, 3.8) is 0 Å². The van der Waals surface area contributed by atoms with Gasteiger partial charge in [0.1, 0.15) is 21.1 Å². The quantitative estimate of drug-likeness (QED) is 0.0337. The Morgan fingerprint density at radius 3 is 1.44 bits per heavy atom. The van der Waals surface area contributed by atoms with Gasteiger partial charge in [-0.15, -0.1) is 0 Å². The Bertz CT molecular complexity index is 2480. The van der Waals surface area contributed by atoms with Crippen LogP contribution in [0.15, 0.2) is 81.0 Å².